The van der Waals surface area contributed by atoms with E-state index >= 15 is 0 Å². The second-order valence-electron chi connectivity index (χ2n) is 3.40. The number of pyridine rings is 1. The van der Waals surface area contributed by atoms with Crippen molar-refractivity contribution in [2.75, 3.05) is 5.73 Å². The molecule has 92 valence electrons. The maximum atomic E-state index is 12.7. The summed E-state index contributed by atoms with van der Waals surface area (Å²) in [5.41, 5.74) is 5.37. The molecule has 18 heavy (non-hydrogen) atoms. The normalized spacial score (nSPS) is 10.3. The maximum Gasteiger partial charge on any atom is 0.275 e. The number of nitrogens with zero attached hydrogens (tertiary/aromatic N) is 2. The summed E-state index contributed by atoms with van der Waals surface area (Å²) in [6.07, 6.45) is 0. The first kappa shape index (κ1) is 12.3. The smallest absolute Gasteiger partial charge is 0.275 e. The molecule has 7 heteroatoms. The number of benzene rings is 1. The van der Waals surface area contributed by atoms with Crippen molar-refractivity contribution >= 4 is 23.3 Å². The van der Waals surface area contributed by atoms with Crippen molar-refractivity contribution in [2.45, 2.75) is 9.92 Å². The lowest BCUT2D eigenvalue weighted by molar-refractivity contribution is -0.385. The van der Waals surface area contributed by atoms with Gasteiger partial charge in [0.2, 0.25) is 0 Å². The molecule has 0 aliphatic heterocycles. The van der Waals surface area contributed by atoms with Crippen LogP contribution in [0.3, 0.4) is 0 Å². The number of nitrogen functional groups attached to an aromatic ring is 1. The lowest BCUT2D eigenvalue weighted by Gasteiger charge is -2.02. The zero-order chi connectivity index (χ0) is 13.1. The summed E-state index contributed by atoms with van der Waals surface area (Å²) < 4.78 is 12.7. The van der Waals surface area contributed by atoms with Crippen LogP contribution in [0.4, 0.5) is 15.9 Å². The van der Waals surface area contributed by atoms with Crippen LogP contribution in [0.25, 0.3) is 0 Å². The highest BCUT2D eigenvalue weighted by atomic mass is 32.2. The Hall–Kier alpha value is -2.15. The number of hydrogen-bond acceptors (Lipinski definition) is 5. The summed E-state index contributed by atoms with van der Waals surface area (Å²) in [4.78, 5) is 14.8. The molecular formula is C11H8FN3O2S. The average molecular weight is 265 g/mol. The Balaban J connectivity index is 2.28. The molecule has 0 spiro atoms. The van der Waals surface area contributed by atoms with Gasteiger partial charge in [-0.3, -0.25) is 10.1 Å². The number of nitro groups is 1. The standard InChI is InChI=1S/C11H8FN3O2S/c12-7-1-3-9(4-2-7)18-11-6-8(15(16)17)5-10(13)14-11/h1-6H,(H2,13,14). The summed E-state index contributed by atoms with van der Waals surface area (Å²) in [6, 6.07) is 8.26. The summed E-state index contributed by atoms with van der Waals surface area (Å²) in [6.45, 7) is 0. The van der Waals surface area contributed by atoms with Gasteiger partial charge in [0, 0.05) is 11.0 Å². The fraction of sp³-hybridized carbons (Fsp3) is 0. The molecule has 2 N–H and O–H groups in total. The highest BCUT2D eigenvalue weighted by Crippen LogP contribution is 2.29. The van der Waals surface area contributed by atoms with Crippen LogP contribution in [0.15, 0.2) is 46.3 Å². The van der Waals surface area contributed by atoms with Gasteiger partial charge in [-0.2, -0.15) is 0 Å². The SMILES string of the molecule is Nc1cc([N+](=O)[O-])cc(Sc2ccc(F)cc2)n1. The van der Waals surface area contributed by atoms with Gasteiger partial charge in [0.15, 0.2) is 0 Å². The lowest BCUT2D eigenvalue weighted by atomic mass is 10.4. The maximum absolute atomic E-state index is 12.7. The highest BCUT2D eigenvalue weighted by Gasteiger charge is 2.10. The molecule has 0 saturated carbocycles. The molecule has 1 aromatic heterocycles. The van der Waals surface area contributed by atoms with Crippen molar-refractivity contribution in [2.24, 2.45) is 0 Å². The third kappa shape index (κ3) is 2.95. The number of anilines is 1. The lowest BCUT2D eigenvalue weighted by Crippen LogP contribution is -1.95. The van der Waals surface area contributed by atoms with E-state index in [-0.39, 0.29) is 17.3 Å². The molecule has 0 saturated heterocycles. The van der Waals surface area contributed by atoms with E-state index in [1.54, 1.807) is 12.1 Å². The molecule has 0 aliphatic rings. The van der Waals surface area contributed by atoms with E-state index in [0.717, 1.165) is 4.90 Å². The fourth-order valence-corrected chi connectivity index (χ4v) is 2.14. The average Bonchev–Trinajstić information content (AvgIpc) is 2.31. The van der Waals surface area contributed by atoms with Crippen LogP contribution >= 0.6 is 11.8 Å². The van der Waals surface area contributed by atoms with E-state index in [4.69, 9.17) is 5.73 Å². The summed E-state index contributed by atoms with van der Waals surface area (Å²) in [7, 11) is 0. The summed E-state index contributed by atoms with van der Waals surface area (Å²) >= 11 is 1.18. The topological polar surface area (TPSA) is 82.0 Å². The number of hydrogen-bond donors (Lipinski definition) is 1. The van der Waals surface area contributed by atoms with Crippen LogP contribution in [-0.4, -0.2) is 9.91 Å². The largest absolute Gasteiger partial charge is 0.383 e. The van der Waals surface area contributed by atoms with E-state index in [0.29, 0.717) is 5.03 Å². The van der Waals surface area contributed by atoms with Gasteiger partial charge >= 0.3 is 0 Å². The second-order valence-corrected chi connectivity index (χ2v) is 4.50. The van der Waals surface area contributed by atoms with E-state index in [9.17, 15) is 14.5 Å². The van der Waals surface area contributed by atoms with Gasteiger partial charge in [0.1, 0.15) is 16.7 Å². The second kappa shape index (κ2) is 5.01. The molecule has 0 radical (unpaired) electrons. The van der Waals surface area contributed by atoms with Gasteiger partial charge in [-0.15, -0.1) is 0 Å². The minimum atomic E-state index is -0.535. The van der Waals surface area contributed by atoms with Crippen LogP contribution in [0.5, 0.6) is 0 Å². The van der Waals surface area contributed by atoms with E-state index in [1.165, 1.54) is 36.0 Å². The number of halogens is 1. The van der Waals surface area contributed by atoms with Crippen molar-refractivity contribution < 1.29 is 9.31 Å². The van der Waals surface area contributed by atoms with E-state index in [2.05, 4.69) is 4.98 Å². The van der Waals surface area contributed by atoms with Crippen LogP contribution in [0, 0.1) is 15.9 Å². The molecule has 5 nitrogen and oxygen atoms in total. The molecule has 0 bridgehead atoms. The van der Waals surface area contributed by atoms with Crippen LogP contribution < -0.4 is 5.73 Å². The Kier molecular flexibility index (Phi) is 3.42. The first-order valence-corrected chi connectivity index (χ1v) is 5.71. The first-order valence-electron chi connectivity index (χ1n) is 4.90. The molecule has 1 heterocycles. The predicted octanol–water partition coefficient (Wildman–Crippen LogP) is 2.86. The Morgan fingerprint density at radius 1 is 1.28 bits per heavy atom. The van der Waals surface area contributed by atoms with Crippen molar-refractivity contribution in [3.63, 3.8) is 0 Å². The van der Waals surface area contributed by atoms with Gasteiger partial charge in [-0.05, 0) is 24.3 Å². The quantitative estimate of drug-likeness (QED) is 0.681. The van der Waals surface area contributed by atoms with E-state index in [1.807, 2.05) is 0 Å². The third-order valence-corrected chi connectivity index (χ3v) is 2.98. The molecule has 0 fully saturated rings. The monoisotopic (exact) mass is 265 g/mol. The highest BCUT2D eigenvalue weighted by molar-refractivity contribution is 7.99. The predicted molar refractivity (Wildman–Crippen MR) is 65.8 cm³/mol. The summed E-state index contributed by atoms with van der Waals surface area (Å²) in [5, 5.41) is 11.1. The van der Waals surface area contributed by atoms with Crippen LogP contribution in [-0.2, 0) is 0 Å². The number of aromatic nitrogens is 1. The molecule has 2 aromatic rings. The van der Waals surface area contributed by atoms with Crippen molar-refractivity contribution in [1.29, 1.82) is 0 Å². The molecule has 0 aliphatic carbocycles. The van der Waals surface area contributed by atoms with Crippen LogP contribution in [0.2, 0.25) is 0 Å². The molecule has 0 amide bonds. The number of nitrogens with two attached hydrogens (primary N) is 1. The Bertz CT molecular complexity index is 589. The van der Waals surface area contributed by atoms with Crippen molar-refractivity contribution in [3.05, 3.63) is 52.3 Å². The first-order chi connectivity index (χ1) is 8.54. The third-order valence-electron chi connectivity index (χ3n) is 2.05. The van der Waals surface area contributed by atoms with Crippen molar-refractivity contribution in [1.82, 2.24) is 4.98 Å². The summed E-state index contributed by atoms with van der Waals surface area (Å²) in [5.74, 6) is -0.264. The van der Waals surface area contributed by atoms with Gasteiger partial charge < -0.3 is 5.73 Å². The Morgan fingerprint density at radius 2 is 1.94 bits per heavy atom. The Morgan fingerprint density at radius 3 is 2.56 bits per heavy atom. The molecular weight excluding hydrogens is 257 g/mol. The fourth-order valence-electron chi connectivity index (χ4n) is 1.29. The molecule has 0 unspecified atom stereocenters. The van der Waals surface area contributed by atoms with Crippen molar-refractivity contribution in [3.8, 4) is 0 Å². The Labute approximate surface area is 106 Å². The minimum Gasteiger partial charge on any atom is -0.383 e. The molecule has 1 aromatic carbocycles. The van der Waals surface area contributed by atoms with Gasteiger partial charge in [-0.25, -0.2) is 9.37 Å². The van der Waals surface area contributed by atoms with Crippen LogP contribution in [0.1, 0.15) is 0 Å². The molecule has 2 rings (SSSR count). The molecule has 0 atom stereocenters. The zero-order valence-electron chi connectivity index (χ0n) is 9.04. The van der Waals surface area contributed by atoms with Gasteiger partial charge in [-0.1, -0.05) is 11.8 Å². The van der Waals surface area contributed by atoms with Gasteiger partial charge in [0.05, 0.1) is 11.0 Å². The van der Waals surface area contributed by atoms with E-state index < -0.39 is 4.92 Å². The number of rotatable bonds is 3. The van der Waals surface area contributed by atoms with Gasteiger partial charge in [0.25, 0.3) is 5.69 Å². The zero-order valence-corrected chi connectivity index (χ0v) is 9.86. The minimum absolute atomic E-state index is 0.0776.